The Bertz CT molecular complexity index is 2720. The number of fused-ring (bicyclic) bond motifs is 6. The zero-order valence-corrected chi connectivity index (χ0v) is 37.3. The SMILES string of the molecule is COC(=O)N[C@H](C(=O)N1[C@@H](C)CC[C@H]1c1nc2ccc(-c3ccc(-c4ccc(-c5cnc([C@@H]6C[C@H](C)CN6C(=O)[C@@H](N)C(C)C)[nH]5)cc4)c4c3C3CCC4C3)cc2[nH]1)c1ccccc1. The van der Waals surface area contributed by atoms with Crippen LogP contribution < -0.4 is 11.1 Å². The fourth-order valence-electron chi connectivity index (χ4n) is 11.3. The third-order valence-electron chi connectivity index (χ3n) is 14.6. The summed E-state index contributed by atoms with van der Waals surface area (Å²) in [5.74, 6) is 2.89. The number of alkyl carbamates (subject to hydrolysis) is 1. The summed E-state index contributed by atoms with van der Waals surface area (Å²) in [6, 6.07) is 27.4. The van der Waals surface area contributed by atoms with E-state index in [9.17, 15) is 14.4 Å². The number of nitrogens with one attached hydrogen (secondary N) is 3. The molecule has 12 nitrogen and oxygen atoms in total. The Morgan fingerprint density at radius 1 is 0.781 bits per heavy atom. The fraction of sp³-hybridized carbons (Fsp3) is 0.404. The molecular formula is C52H58N8O4. The second-order valence-corrected chi connectivity index (χ2v) is 19.1. The lowest BCUT2D eigenvalue weighted by atomic mass is 9.81. The Morgan fingerprint density at radius 2 is 1.47 bits per heavy atom. The second kappa shape index (κ2) is 16.7. The van der Waals surface area contributed by atoms with Gasteiger partial charge in [-0.1, -0.05) is 93.6 Å². The first kappa shape index (κ1) is 41.7. The number of amides is 3. The zero-order valence-electron chi connectivity index (χ0n) is 37.3. The number of ether oxygens (including phenoxy) is 1. The highest BCUT2D eigenvalue weighted by Gasteiger charge is 2.43. The number of aromatic amines is 2. The van der Waals surface area contributed by atoms with E-state index in [0.717, 1.165) is 58.8 Å². The van der Waals surface area contributed by atoms with Crippen molar-refractivity contribution in [1.29, 1.82) is 0 Å². The Hall–Kier alpha value is -6.27. The number of hydrogen-bond donors (Lipinski definition) is 4. The zero-order chi connectivity index (χ0) is 44.4. The summed E-state index contributed by atoms with van der Waals surface area (Å²) in [7, 11) is 1.30. The molecule has 2 bridgehead atoms. The van der Waals surface area contributed by atoms with Gasteiger partial charge in [0.25, 0.3) is 5.91 Å². The molecule has 6 aromatic rings. The average Bonchev–Trinajstić information content (AvgIpc) is 4.19. The molecule has 2 aromatic heterocycles. The number of aromatic nitrogens is 4. The lowest BCUT2D eigenvalue weighted by Crippen LogP contribution is -2.46. The van der Waals surface area contributed by atoms with Crippen LogP contribution in [0.3, 0.4) is 0 Å². The van der Waals surface area contributed by atoms with Crippen molar-refractivity contribution in [2.24, 2.45) is 17.6 Å². The van der Waals surface area contributed by atoms with Gasteiger partial charge in [-0.3, -0.25) is 9.59 Å². The summed E-state index contributed by atoms with van der Waals surface area (Å²) >= 11 is 0. The van der Waals surface area contributed by atoms with Crippen LogP contribution in [0.1, 0.15) is 125 Å². The van der Waals surface area contributed by atoms with Crippen LogP contribution in [0.2, 0.25) is 0 Å². The molecule has 8 atom stereocenters. The monoisotopic (exact) mass is 858 g/mol. The van der Waals surface area contributed by atoms with Crippen LogP contribution in [0.5, 0.6) is 0 Å². The molecule has 4 aromatic carbocycles. The van der Waals surface area contributed by atoms with Crippen LogP contribution in [0.4, 0.5) is 4.79 Å². The molecule has 2 aliphatic carbocycles. The minimum atomic E-state index is -0.887. The Kier molecular flexibility index (Phi) is 10.9. The number of imidazole rings is 2. The highest BCUT2D eigenvalue weighted by Crippen LogP contribution is 2.58. The lowest BCUT2D eigenvalue weighted by molar-refractivity contribution is -0.136. The van der Waals surface area contributed by atoms with E-state index in [1.165, 1.54) is 54.2 Å². The largest absolute Gasteiger partial charge is 0.453 e. The molecule has 12 heteroatoms. The van der Waals surface area contributed by atoms with E-state index in [1.807, 2.05) is 60.2 Å². The van der Waals surface area contributed by atoms with Crippen LogP contribution in [0.15, 0.2) is 91.1 Å². The highest BCUT2D eigenvalue weighted by atomic mass is 16.5. The van der Waals surface area contributed by atoms with E-state index in [-0.39, 0.29) is 35.9 Å². The first-order valence-electron chi connectivity index (χ1n) is 23.1. The van der Waals surface area contributed by atoms with Gasteiger partial charge in [0.1, 0.15) is 17.7 Å². The third-order valence-corrected chi connectivity index (χ3v) is 14.6. The molecule has 330 valence electrons. The Balaban J connectivity index is 0.912. The predicted molar refractivity (Wildman–Crippen MR) is 248 cm³/mol. The van der Waals surface area contributed by atoms with Gasteiger partial charge in [-0.15, -0.1) is 0 Å². The number of likely N-dealkylation sites (tertiary alicyclic amines) is 2. The molecule has 2 saturated heterocycles. The van der Waals surface area contributed by atoms with E-state index in [1.54, 1.807) is 0 Å². The van der Waals surface area contributed by atoms with Crippen LogP contribution in [-0.2, 0) is 14.3 Å². The molecule has 2 unspecified atom stereocenters. The normalized spacial score (nSPS) is 23.5. The summed E-state index contributed by atoms with van der Waals surface area (Å²) in [6.07, 6.45) is 7.28. The van der Waals surface area contributed by atoms with E-state index in [0.29, 0.717) is 29.9 Å². The van der Waals surface area contributed by atoms with Gasteiger partial charge < -0.3 is 35.6 Å². The van der Waals surface area contributed by atoms with Gasteiger partial charge in [0.15, 0.2) is 0 Å². The van der Waals surface area contributed by atoms with Gasteiger partial charge >= 0.3 is 6.09 Å². The quantitative estimate of drug-likeness (QED) is 0.107. The number of H-pyrrole nitrogens is 2. The van der Waals surface area contributed by atoms with Crippen molar-refractivity contribution >= 4 is 28.9 Å². The standard InChI is InChI=1S/C52H58N8O4/c1-28(2)46(53)50(61)59-27-29(3)23-43(59)48-54-26-41(57-48)32-14-12-31(13-15-32)37-19-20-38(45-36-17-16-35(24-36)44(37)45)34-18-21-39-40(25-34)56-49(55-39)42-22-11-30(4)60(42)51(62)47(58-52(63)64-5)33-9-7-6-8-10-33/h6-10,12-15,18-21,25-26,28-30,35-36,42-43,46-47H,11,16-17,22-24,27,53H2,1-5H3,(H,54,57)(H,55,56)(H,58,63)/t29-,30-,35?,36?,42-,43-,46-,47-/m0/s1. The van der Waals surface area contributed by atoms with E-state index >= 15 is 0 Å². The number of carbonyl (C=O) groups excluding carboxylic acids is 3. The van der Waals surface area contributed by atoms with E-state index in [4.69, 9.17) is 20.4 Å². The van der Waals surface area contributed by atoms with Crippen molar-refractivity contribution in [2.75, 3.05) is 13.7 Å². The molecule has 0 radical (unpaired) electrons. The van der Waals surface area contributed by atoms with E-state index in [2.05, 4.69) is 83.7 Å². The van der Waals surface area contributed by atoms with Crippen LogP contribution in [-0.4, -0.2) is 73.4 Å². The number of nitrogens with zero attached hydrogens (tertiary/aromatic N) is 4. The number of carbonyl (C=O) groups is 3. The molecule has 5 N–H and O–H groups in total. The van der Waals surface area contributed by atoms with Crippen molar-refractivity contribution in [3.8, 4) is 33.5 Å². The molecule has 2 aliphatic heterocycles. The van der Waals surface area contributed by atoms with Gasteiger partial charge in [-0.05, 0) is 126 Å². The maximum Gasteiger partial charge on any atom is 0.407 e. The molecule has 0 spiro atoms. The van der Waals surface area contributed by atoms with Gasteiger partial charge in [0, 0.05) is 12.6 Å². The minimum Gasteiger partial charge on any atom is -0.453 e. The minimum absolute atomic E-state index is 0.00346. The van der Waals surface area contributed by atoms with Crippen LogP contribution in [0.25, 0.3) is 44.5 Å². The predicted octanol–water partition coefficient (Wildman–Crippen LogP) is 9.69. The Labute approximate surface area is 374 Å². The van der Waals surface area contributed by atoms with Gasteiger partial charge in [0.2, 0.25) is 5.91 Å². The number of methoxy groups -OCH3 is 1. The van der Waals surface area contributed by atoms with Gasteiger partial charge in [-0.25, -0.2) is 14.8 Å². The lowest BCUT2D eigenvalue weighted by Gasteiger charge is -2.31. The highest BCUT2D eigenvalue weighted by molar-refractivity contribution is 5.89. The maximum atomic E-state index is 14.3. The van der Waals surface area contributed by atoms with Gasteiger partial charge in [-0.2, -0.15) is 0 Å². The van der Waals surface area contributed by atoms with Crippen LogP contribution in [0, 0.1) is 11.8 Å². The number of rotatable bonds is 10. The molecule has 3 fully saturated rings. The smallest absolute Gasteiger partial charge is 0.407 e. The number of benzene rings is 4. The molecular weight excluding hydrogens is 801 g/mol. The number of hydrogen-bond acceptors (Lipinski definition) is 7. The molecule has 1 saturated carbocycles. The van der Waals surface area contributed by atoms with Crippen LogP contribution >= 0.6 is 0 Å². The number of nitrogens with two attached hydrogens (primary N) is 1. The summed E-state index contributed by atoms with van der Waals surface area (Å²) in [5, 5.41) is 2.78. The average molecular weight is 859 g/mol. The first-order chi connectivity index (χ1) is 31.0. The third kappa shape index (κ3) is 7.35. The summed E-state index contributed by atoms with van der Waals surface area (Å²) in [5.41, 5.74) is 18.7. The molecule has 3 amide bonds. The van der Waals surface area contributed by atoms with E-state index < -0.39 is 18.2 Å². The summed E-state index contributed by atoms with van der Waals surface area (Å²) < 4.78 is 4.91. The second-order valence-electron chi connectivity index (χ2n) is 19.1. The molecule has 10 rings (SSSR count). The molecule has 64 heavy (non-hydrogen) atoms. The maximum absolute atomic E-state index is 14.3. The first-order valence-corrected chi connectivity index (χ1v) is 23.1. The van der Waals surface area contributed by atoms with Crippen molar-refractivity contribution in [3.05, 3.63) is 119 Å². The molecule has 4 heterocycles. The molecule has 4 aliphatic rings. The summed E-state index contributed by atoms with van der Waals surface area (Å²) in [6.45, 7) is 8.91. The van der Waals surface area contributed by atoms with Gasteiger partial charge in [0.05, 0.1) is 48.2 Å². The Morgan fingerprint density at radius 3 is 2.17 bits per heavy atom. The summed E-state index contributed by atoms with van der Waals surface area (Å²) in [4.78, 5) is 61.0. The van der Waals surface area contributed by atoms with Crippen molar-refractivity contribution in [2.45, 2.75) is 108 Å². The van der Waals surface area contributed by atoms with Crippen molar-refractivity contribution in [3.63, 3.8) is 0 Å². The fourth-order valence-corrected chi connectivity index (χ4v) is 11.3. The topological polar surface area (TPSA) is 162 Å². The van der Waals surface area contributed by atoms with Crippen molar-refractivity contribution in [1.82, 2.24) is 35.1 Å². The van der Waals surface area contributed by atoms with Crippen molar-refractivity contribution < 1.29 is 19.1 Å².